The van der Waals surface area contributed by atoms with Crippen molar-refractivity contribution >= 4 is 26.9 Å². The van der Waals surface area contributed by atoms with E-state index in [1.807, 2.05) is 0 Å². The summed E-state index contributed by atoms with van der Waals surface area (Å²) < 4.78 is 0.874. The van der Waals surface area contributed by atoms with Crippen LogP contribution >= 0.6 is 22.4 Å². The normalized spacial score (nSPS) is 9.38. The fourth-order valence-corrected chi connectivity index (χ4v) is 1.12. The molecule has 8 heavy (non-hydrogen) atoms. The SMILES string of the molecule is CCCCCB(C)I. The van der Waals surface area contributed by atoms with Gasteiger partial charge in [-0.05, 0) is 0 Å². The summed E-state index contributed by atoms with van der Waals surface area (Å²) in [7, 11) is 0. The molecule has 0 heterocycles. The van der Waals surface area contributed by atoms with Crippen molar-refractivity contribution in [3.8, 4) is 0 Å². The van der Waals surface area contributed by atoms with E-state index in [1.54, 1.807) is 0 Å². The number of unbranched alkanes of at least 4 members (excludes halogenated alkanes) is 2. The molecule has 0 unspecified atom stereocenters. The van der Waals surface area contributed by atoms with E-state index in [0.29, 0.717) is 0 Å². The van der Waals surface area contributed by atoms with Gasteiger partial charge in [0.2, 0.25) is 4.57 Å². The molecule has 0 aliphatic heterocycles. The van der Waals surface area contributed by atoms with E-state index in [1.165, 1.54) is 25.6 Å². The van der Waals surface area contributed by atoms with Crippen LogP contribution in [0.15, 0.2) is 0 Å². The second kappa shape index (κ2) is 5.92. The highest BCUT2D eigenvalue weighted by atomic mass is 127. The highest BCUT2D eigenvalue weighted by Gasteiger charge is 1.97. The molecule has 48 valence electrons. The van der Waals surface area contributed by atoms with Crippen LogP contribution < -0.4 is 0 Å². The van der Waals surface area contributed by atoms with Crippen molar-refractivity contribution in [3.63, 3.8) is 0 Å². The first kappa shape index (κ1) is 8.79. The molecule has 0 atom stereocenters. The molecule has 0 radical (unpaired) electrons. The van der Waals surface area contributed by atoms with Crippen molar-refractivity contribution in [1.82, 2.24) is 0 Å². The third-order valence-electron chi connectivity index (χ3n) is 1.21. The Labute approximate surface area is 66.4 Å². The maximum absolute atomic E-state index is 2.48. The maximum Gasteiger partial charge on any atom is 0.214 e. The first-order valence-corrected chi connectivity index (χ1v) is 4.66. The van der Waals surface area contributed by atoms with Gasteiger partial charge >= 0.3 is 0 Å². The van der Waals surface area contributed by atoms with E-state index in [9.17, 15) is 0 Å². The van der Waals surface area contributed by atoms with Crippen LogP contribution in [0.2, 0.25) is 13.1 Å². The van der Waals surface area contributed by atoms with E-state index in [0.717, 1.165) is 4.57 Å². The molecule has 0 saturated heterocycles. The summed E-state index contributed by atoms with van der Waals surface area (Å²) in [6, 6.07) is 0. The molecule has 0 bridgehead atoms. The number of halogens is 1. The van der Waals surface area contributed by atoms with Crippen molar-refractivity contribution in [2.24, 2.45) is 0 Å². The summed E-state index contributed by atoms with van der Waals surface area (Å²) in [4.78, 5) is 0. The molecular weight excluding hydrogens is 210 g/mol. The summed E-state index contributed by atoms with van der Waals surface area (Å²) in [5, 5.41) is 0. The van der Waals surface area contributed by atoms with E-state index >= 15 is 0 Å². The molecule has 0 aliphatic rings. The fraction of sp³-hybridized carbons (Fsp3) is 1.00. The third kappa shape index (κ3) is 6.79. The summed E-state index contributed by atoms with van der Waals surface area (Å²) in [5.74, 6) is 0. The van der Waals surface area contributed by atoms with Crippen molar-refractivity contribution in [2.75, 3.05) is 0 Å². The summed E-state index contributed by atoms with van der Waals surface area (Å²) in [6.45, 7) is 4.52. The highest BCUT2D eigenvalue weighted by molar-refractivity contribution is 14.1. The fourth-order valence-electron chi connectivity index (χ4n) is 0.676. The predicted molar refractivity (Wildman–Crippen MR) is 50.0 cm³/mol. The van der Waals surface area contributed by atoms with Gasteiger partial charge in [0.05, 0.1) is 0 Å². The molecule has 0 aromatic rings. The molecule has 0 aromatic heterocycles. The summed E-state index contributed by atoms with van der Waals surface area (Å²) in [6.07, 6.45) is 5.58. The van der Waals surface area contributed by atoms with Gasteiger partial charge in [0, 0.05) is 0 Å². The molecular formula is C6H14BI. The average molecular weight is 224 g/mol. The smallest absolute Gasteiger partial charge is 0.150 e. The molecule has 0 aromatic carbocycles. The monoisotopic (exact) mass is 224 g/mol. The van der Waals surface area contributed by atoms with Crippen molar-refractivity contribution in [2.45, 2.75) is 39.3 Å². The minimum atomic E-state index is 0.874. The Morgan fingerprint density at radius 3 is 2.38 bits per heavy atom. The van der Waals surface area contributed by atoms with Crippen LogP contribution in [0.5, 0.6) is 0 Å². The Morgan fingerprint density at radius 1 is 1.38 bits per heavy atom. The lowest BCUT2D eigenvalue weighted by Gasteiger charge is -1.95. The van der Waals surface area contributed by atoms with Crippen LogP contribution in [0.4, 0.5) is 0 Å². The van der Waals surface area contributed by atoms with E-state index in [4.69, 9.17) is 0 Å². The Bertz CT molecular complexity index is 45.8. The van der Waals surface area contributed by atoms with Gasteiger partial charge in [-0.15, -0.1) is 0 Å². The van der Waals surface area contributed by atoms with Crippen LogP contribution in [-0.2, 0) is 0 Å². The van der Waals surface area contributed by atoms with Gasteiger partial charge in [0.1, 0.15) is 0 Å². The number of rotatable bonds is 4. The van der Waals surface area contributed by atoms with Crippen molar-refractivity contribution < 1.29 is 0 Å². The molecule has 0 spiro atoms. The van der Waals surface area contributed by atoms with Gasteiger partial charge in [-0.1, -0.05) is 39.3 Å². The topological polar surface area (TPSA) is 0 Å². The van der Waals surface area contributed by atoms with Crippen LogP contribution in [0, 0.1) is 0 Å². The summed E-state index contributed by atoms with van der Waals surface area (Å²) >= 11 is 2.48. The average Bonchev–Trinajstić information content (AvgIpc) is 1.66. The minimum Gasteiger partial charge on any atom is -0.150 e. The zero-order chi connectivity index (χ0) is 6.41. The van der Waals surface area contributed by atoms with Gasteiger partial charge in [0.15, 0.2) is 0 Å². The van der Waals surface area contributed by atoms with Gasteiger partial charge in [-0.2, -0.15) is 22.4 Å². The van der Waals surface area contributed by atoms with E-state index < -0.39 is 0 Å². The Balaban J connectivity index is 2.72. The standard InChI is InChI=1S/C6H14BI/c1-3-4-5-6-7(2)8/h3-6H2,1-2H3. The van der Waals surface area contributed by atoms with Crippen molar-refractivity contribution in [3.05, 3.63) is 0 Å². The molecule has 0 rings (SSSR count). The first-order chi connectivity index (χ1) is 3.77. The van der Waals surface area contributed by atoms with Crippen LogP contribution in [0.3, 0.4) is 0 Å². The van der Waals surface area contributed by atoms with E-state index in [-0.39, 0.29) is 0 Å². The molecule has 0 N–H and O–H groups in total. The molecule has 0 nitrogen and oxygen atoms in total. The molecule has 0 saturated carbocycles. The predicted octanol–water partition coefficient (Wildman–Crippen LogP) is 3.23. The Kier molecular flexibility index (Phi) is 6.51. The zero-order valence-electron chi connectivity index (χ0n) is 5.78. The third-order valence-corrected chi connectivity index (χ3v) is 1.83. The molecule has 2 heteroatoms. The second-order valence-corrected chi connectivity index (χ2v) is 4.40. The Morgan fingerprint density at radius 2 is 2.00 bits per heavy atom. The van der Waals surface area contributed by atoms with Crippen LogP contribution in [0.25, 0.3) is 0 Å². The molecule has 0 amide bonds. The summed E-state index contributed by atoms with van der Waals surface area (Å²) in [5.41, 5.74) is 0. The molecule has 0 aliphatic carbocycles. The molecule has 0 fully saturated rings. The quantitative estimate of drug-likeness (QED) is 0.390. The van der Waals surface area contributed by atoms with Gasteiger partial charge in [0.25, 0.3) is 0 Å². The maximum atomic E-state index is 2.48. The lowest BCUT2D eigenvalue weighted by atomic mass is 9.76. The van der Waals surface area contributed by atoms with E-state index in [2.05, 4.69) is 36.1 Å². The number of hydrogen-bond acceptors (Lipinski definition) is 0. The second-order valence-electron chi connectivity index (χ2n) is 2.28. The lowest BCUT2D eigenvalue weighted by molar-refractivity contribution is 0.769. The van der Waals surface area contributed by atoms with Crippen LogP contribution in [0.1, 0.15) is 26.2 Å². The first-order valence-electron chi connectivity index (χ1n) is 3.41. The highest BCUT2D eigenvalue weighted by Crippen LogP contribution is 2.07. The van der Waals surface area contributed by atoms with Gasteiger partial charge < -0.3 is 0 Å². The van der Waals surface area contributed by atoms with Crippen LogP contribution in [-0.4, -0.2) is 4.57 Å². The lowest BCUT2D eigenvalue weighted by Crippen LogP contribution is -1.92. The zero-order valence-corrected chi connectivity index (χ0v) is 7.94. The Hall–Kier alpha value is 0.795. The number of hydrogen-bond donors (Lipinski definition) is 0. The minimum absolute atomic E-state index is 0.874. The van der Waals surface area contributed by atoms with Gasteiger partial charge in [-0.25, -0.2) is 0 Å². The van der Waals surface area contributed by atoms with Crippen molar-refractivity contribution in [1.29, 1.82) is 0 Å². The largest absolute Gasteiger partial charge is 0.214 e. The van der Waals surface area contributed by atoms with Gasteiger partial charge in [-0.3, -0.25) is 0 Å².